The molecule has 18 rings (SSSR count). The highest BCUT2D eigenvalue weighted by Gasteiger charge is 2.34. The summed E-state index contributed by atoms with van der Waals surface area (Å²) in [5.74, 6) is 0.911. The number of para-hydroxylation sites is 1. The Balaban J connectivity index is 1.15. The number of nitrogens with zero attached hydrogens (tertiary/aromatic N) is 11. The van der Waals surface area contributed by atoms with Crippen LogP contribution in [0.2, 0.25) is 0 Å². The standard InChI is InChI=1S/C83H41N11O/c84-42-48-15-25-69-61(33-48)62-34-49(43-85)16-26-70(62)91(69)80-79(58-21-24-60-59-13-7-8-14-77(59)95-78(60)41-58)81(92-71-27-17-50(44-86)35-63(71)64-36-51(45-87)18-28-72(64)92)83(90-82(80)93-73-29-19-52(46-88)37-65(73)66-38-53(47-89)20-30-74(66)93)94-75-31-22-56(54-9-3-1-4-10-54)39-67(75)68-40-57(23-32-76(68)94)55-11-5-2-6-12-55/h1-41H. The minimum atomic E-state index is 0.420. The number of hydrogen-bond donors (Lipinski definition) is 0. The molecule has 6 heterocycles. The average Bonchev–Trinajstić information content (AvgIpc) is 1.57. The Morgan fingerprint density at radius 1 is 0.242 bits per heavy atom. The molecule has 0 fully saturated rings. The van der Waals surface area contributed by atoms with Crippen molar-refractivity contribution in [3.8, 4) is 92.8 Å². The summed E-state index contributed by atoms with van der Waals surface area (Å²) in [6.45, 7) is 0. The summed E-state index contributed by atoms with van der Waals surface area (Å²) < 4.78 is 15.7. The van der Waals surface area contributed by atoms with Crippen molar-refractivity contribution in [3.05, 3.63) is 282 Å². The first-order chi connectivity index (χ1) is 46.8. The lowest BCUT2D eigenvalue weighted by Crippen LogP contribution is -2.16. The van der Waals surface area contributed by atoms with Crippen LogP contribution in [-0.4, -0.2) is 23.3 Å². The normalized spacial score (nSPS) is 11.5. The van der Waals surface area contributed by atoms with Crippen LogP contribution in [0.3, 0.4) is 0 Å². The van der Waals surface area contributed by atoms with Crippen LogP contribution < -0.4 is 0 Å². The van der Waals surface area contributed by atoms with E-state index in [1.165, 1.54) is 0 Å². The number of pyridine rings is 1. The number of hydrogen-bond acceptors (Lipinski definition) is 8. The molecule has 0 spiro atoms. The average molecular weight is 1210 g/mol. The lowest BCUT2D eigenvalue weighted by Gasteiger charge is -2.27. The predicted octanol–water partition coefficient (Wildman–Crippen LogP) is 19.6. The summed E-state index contributed by atoms with van der Waals surface area (Å²) in [6, 6.07) is 96.2. The molecule has 0 amide bonds. The van der Waals surface area contributed by atoms with Crippen LogP contribution in [-0.2, 0) is 0 Å². The van der Waals surface area contributed by atoms with Gasteiger partial charge in [-0.25, -0.2) is 4.98 Å². The van der Waals surface area contributed by atoms with Crippen molar-refractivity contribution in [2.45, 2.75) is 0 Å². The molecule has 0 aliphatic rings. The van der Waals surface area contributed by atoms with Gasteiger partial charge < -0.3 is 13.6 Å². The topological polar surface area (TPSA) is 188 Å². The van der Waals surface area contributed by atoms with Gasteiger partial charge in [0.05, 0.1) is 114 Å². The first-order valence-electron chi connectivity index (χ1n) is 30.7. The molecule has 0 saturated heterocycles. The monoisotopic (exact) mass is 1210 g/mol. The molecule has 0 unspecified atom stereocenters. The van der Waals surface area contributed by atoms with Crippen LogP contribution in [0.4, 0.5) is 0 Å². The summed E-state index contributed by atoms with van der Waals surface area (Å²) in [5.41, 5.74) is 16.4. The summed E-state index contributed by atoms with van der Waals surface area (Å²) in [7, 11) is 0. The predicted molar refractivity (Wildman–Crippen MR) is 373 cm³/mol. The second-order valence-corrected chi connectivity index (χ2v) is 23.7. The first kappa shape index (κ1) is 53.7. The van der Waals surface area contributed by atoms with Gasteiger partial charge >= 0.3 is 0 Å². The van der Waals surface area contributed by atoms with E-state index in [1.54, 1.807) is 24.3 Å². The van der Waals surface area contributed by atoms with Crippen molar-refractivity contribution in [3.63, 3.8) is 0 Å². The van der Waals surface area contributed by atoms with Crippen LogP contribution >= 0.6 is 0 Å². The van der Waals surface area contributed by atoms with Gasteiger partial charge in [-0.1, -0.05) is 97.1 Å². The van der Waals surface area contributed by atoms with E-state index in [-0.39, 0.29) is 0 Å². The third-order valence-electron chi connectivity index (χ3n) is 18.7. The van der Waals surface area contributed by atoms with Gasteiger partial charge in [0, 0.05) is 59.4 Å². The zero-order valence-corrected chi connectivity index (χ0v) is 50.0. The molecular formula is C83H41N11O. The number of aromatic nitrogens is 5. The van der Waals surface area contributed by atoms with Crippen molar-refractivity contribution in [2.75, 3.05) is 0 Å². The van der Waals surface area contributed by atoms with E-state index in [4.69, 9.17) is 9.40 Å². The van der Waals surface area contributed by atoms with Crippen LogP contribution in [0.5, 0.6) is 0 Å². The fourth-order valence-electron chi connectivity index (χ4n) is 14.5. The molecule has 0 saturated carbocycles. The minimum absolute atomic E-state index is 0.420. The summed E-state index contributed by atoms with van der Waals surface area (Å²) in [4.78, 5) is 6.38. The molecular weight excluding hydrogens is 1170 g/mol. The van der Waals surface area contributed by atoms with Crippen molar-refractivity contribution in [1.29, 1.82) is 31.6 Å². The van der Waals surface area contributed by atoms with Gasteiger partial charge in [0.15, 0.2) is 11.6 Å². The largest absolute Gasteiger partial charge is 0.456 e. The fourth-order valence-corrected chi connectivity index (χ4v) is 14.5. The highest BCUT2D eigenvalue weighted by atomic mass is 16.3. The van der Waals surface area contributed by atoms with Crippen LogP contribution in [0.25, 0.3) is 166 Å². The summed E-state index contributed by atoms with van der Waals surface area (Å²) >= 11 is 0. The van der Waals surface area contributed by atoms with E-state index in [0.717, 1.165) is 65.6 Å². The smallest absolute Gasteiger partial charge is 0.165 e. The Hall–Kier alpha value is -14.3. The first-order valence-corrected chi connectivity index (χ1v) is 30.7. The summed E-state index contributed by atoms with van der Waals surface area (Å²) in [6.07, 6.45) is 0. The Bertz CT molecular complexity index is 6420. The van der Waals surface area contributed by atoms with Crippen LogP contribution in [0, 0.1) is 68.0 Å². The number of nitriles is 6. The fraction of sp³-hybridized carbons (Fsp3) is 0. The van der Waals surface area contributed by atoms with Gasteiger partial charge in [0.1, 0.15) is 22.5 Å². The van der Waals surface area contributed by atoms with Gasteiger partial charge in [-0.15, -0.1) is 0 Å². The lowest BCUT2D eigenvalue weighted by atomic mass is 9.98. The molecule has 12 aromatic carbocycles. The zero-order valence-electron chi connectivity index (χ0n) is 50.0. The second kappa shape index (κ2) is 20.6. The Morgan fingerprint density at radius 3 is 0.916 bits per heavy atom. The van der Waals surface area contributed by atoms with Gasteiger partial charge in [-0.3, -0.25) is 9.13 Å². The van der Waals surface area contributed by atoms with E-state index < -0.39 is 0 Å². The minimum Gasteiger partial charge on any atom is -0.456 e. The van der Waals surface area contributed by atoms with E-state index in [1.807, 2.05) is 140 Å². The molecule has 0 aliphatic heterocycles. The Morgan fingerprint density at radius 2 is 0.547 bits per heavy atom. The van der Waals surface area contributed by atoms with E-state index in [2.05, 4.69) is 140 Å². The molecule has 0 N–H and O–H groups in total. The van der Waals surface area contributed by atoms with E-state index >= 15 is 0 Å². The van der Waals surface area contributed by atoms with Gasteiger partial charge in [-0.2, -0.15) is 31.6 Å². The quantitative estimate of drug-likeness (QED) is 0.151. The molecule has 0 radical (unpaired) electrons. The summed E-state index contributed by atoms with van der Waals surface area (Å²) in [5, 5.41) is 72.0. The molecule has 434 valence electrons. The van der Waals surface area contributed by atoms with Gasteiger partial charge in [0.2, 0.25) is 0 Å². The molecule has 12 heteroatoms. The molecule has 0 bridgehead atoms. The van der Waals surface area contributed by atoms with Gasteiger partial charge in [0.25, 0.3) is 0 Å². The zero-order chi connectivity index (χ0) is 63.7. The second-order valence-electron chi connectivity index (χ2n) is 23.7. The van der Waals surface area contributed by atoms with Crippen molar-refractivity contribution < 1.29 is 4.42 Å². The maximum atomic E-state index is 10.7. The van der Waals surface area contributed by atoms with Crippen molar-refractivity contribution in [1.82, 2.24) is 23.3 Å². The highest BCUT2D eigenvalue weighted by Crippen LogP contribution is 2.51. The number of benzene rings is 12. The number of furan rings is 1. The van der Waals surface area contributed by atoms with Crippen LogP contribution in [0.1, 0.15) is 33.4 Å². The SMILES string of the molecule is N#Cc1ccc2c(c1)c1cc(C#N)ccc1n2-c1nc(-n2c3ccc(-c4ccccc4)cc3c3cc(-c4ccccc4)ccc32)c(-n2c3ccc(C#N)cc3c3cc(C#N)ccc32)c(-c2ccc3c(c2)oc2ccccc23)c1-n1c2ccc(C#N)cc2c2cc(C#N)ccc21. The third kappa shape index (κ3) is 7.98. The van der Waals surface area contributed by atoms with E-state index in [9.17, 15) is 31.6 Å². The Labute approximate surface area is 540 Å². The van der Waals surface area contributed by atoms with E-state index in [0.29, 0.717) is 133 Å². The molecule has 95 heavy (non-hydrogen) atoms. The number of fused-ring (bicyclic) bond motifs is 15. The van der Waals surface area contributed by atoms with Gasteiger partial charge in [-0.05, 0) is 179 Å². The maximum absolute atomic E-state index is 10.7. The molecule has 6 aromatic heterocycles. The van der Waals surface area contributed by atoms with Crippen molar-refractivity contribution in [2.24, 2.45) is 0 Å². The van der Waals surface area contributed by atoms with Crippen LogP contribution in [0.15, 0.2) is 253 Å². The Kier molecular flexibility index (Phi) is 11.7. The lowest BCUT2D eigenvalue weighted by molar-refractivity contribution is 0.669. The molecule has 0 atom stereocenters. The molecule has 12 nitrogen and oxygen atoms in total. The highest BCUT2D eigenvalue weighted by molar-refractivity contribution is 6.18. The molecule has 18 aromatic rings. The third-order valence-corrected chi connectivity index (χ3v) is 18.7. The van der Waals surface area contributed by atoms with Crippen molar-refractivity contribution >= 4 is 109 Å². The maximum Gasteiger partial charge on any atom is 0.165 e. The molecule has 0 aliphatic carbocycles. The number of rotatable bonds is 7.